The monoisotopic (exact) mass is 241 g/mol. The van der Waals surface area contributed by atoms with E-state index in [9.17, 15) is 4.79 Å². The molecule has 0 fully saturated rings. The molecule has 0 aliphatic heterocycles. The van der Waals surface area contributed by atoms with Gasteiger partial charge in [-0.1, -0.05) is 11.6 Å². The Bertz CT molecular complexity index is 509. The quantitative estimate of drug-likeness (QED) is 0.599. The summed E-state index contributed by atoms with van der Waals surface area (Å²) in [5, 5.41) is 1.34. The first-order chi connectivity index (χ1) is 7.20. The summed E-state index contributed by atoms with van der Waals surface area (Å²) in [6, 6.07) is 3.51. The van der Waals surface area contributed by atoms with E-state index in [0.717, 1.165) is 10.1 Å². The number of carbonyl (C=O) groups is 1. The molecule has 0 radical (unpaired) electrons. The van der Waals surface area contributed by atoms with Crippen LogP contribution in [0.15, 0.2) is 18.3 Å². The second-order valence-corrected chi connectivity index (χ2v) is 4.35. The Hall–Kier alpha value is -1.13. The van der Waals surface area contributed by atoms with Crippen molar-refractivity contribution in [2.24, 2.45) is 0 Å². The molecule has 0 N–H and O–H groups in total. The number of hydrogen-bond donors (Lipinski definition) is 0. The third-order valence-corrected chi connectivity index (χ3v) is 3.13. The van der Waals surface area contributed by atoms with Gasteiger partial charge in [-0.15, -0.1) is 11.3 Å². The van der Waals surface area contributed by atoms with Gasteiger partial charge in [-0.2, -0.15) is 0 Å². The number of carbonyl (C=O) groups excluding carboxylic acids is 1. The lowest BCUT2D eigenvalue weighted by Gasteiger charge is -1.95. The van der Waals surface area contributed by atoms with Crippen LogP contribution in [0.2, 0.25) is 5.15 Å². The van der Waals surface area contributed by atoms with Crippen LogP contribution in [0, 0.1) is 0 Å². The van der Waals surface area contributed by atoms with Crippen LogP contribution in [0.3, 0.4) is 0 Å². The molecule has 0 unspecified atom stereocenters. The van der Waals surface area contributed by atoms with Crippen molar-refractivity contribution in [2.45, 2.75) is 6.92 Å². The molecule has 5 heteroatoms. The fraction of sp³-hybridized carbons (Fsp3) is 0.200. The molecular formula is C10H8ClNO2S. The summed E-state index contributed by atoms with van der Waals surface area (Å²) < 4.78 is 5.85. The molecule has 2 heterocycles. The summed E-state index contributed by atoms with van der Waals surface area (Å²) in [6.45, 7) is 2.16. The zero-order valence-corrected chi connectivity index (χ0v) is 9.56. The predicted octanol–water partition coefficient (Wildman–Crippen LogP) is 3.13. The molecule has 0 aliphatic rings. The number of nitrogens with zero attached hydrogens (tertiary/aromatic N) is 1. The van der Waals surface area contributed by atoms with E-state index in [0.29, 0.717) is 16.6 Å². The van der Waals surface area contributed by atoms with E-state index in [1.54, 1.807) is 25.3 Å². The standard InChI is InChI=1S/C10H8ClNO2S/c1-2-14-10(13)8-3-6-5-12-9(11)4-7(6)15-8/h3-5H,2H2,1H3. The van der Waals surface area contributed by atoms with Crippen LogP contribution in [-0.4, -0.2) is 17.6 Å². The van der Waals surface area contributed by atoms with Crippen LogP contribution < -0.4 is 0 Å². The van der Waals surface area contributed by atoms with E-state index in [4.69, 9.17) is 16.3 Å². The van der Waals surface area contributed by atoms with Gasteiger partial charge in [0.05, 0.1) is 6.61 Å². The van der Waals surface area contributed by atoms with Gasteiger partial charge in [0.25, 0.3) is 0 Å². The molecule has 0 saturated carbocycles. The molecule has 0 aliphatic carbocycles. The van der Waals surface area contributed by atoms with Crippen molar-refractivity contribution in [1.29, 1.82) is 0 Å². The second kappa shape index (κ2) is 4.16. The fourth-order valence-corrected chi connectivity index (χ4v) is 2.40. The zero-order valence-electron chi connectivity index (χ0n) is 7.99. The molecule has 0 amide bonds. The first-order valence-corrected chi connectivity index (χ1v) is 5.62. The Kier molecular flexibility index (Phi) is 2.88. The van der Waals surface area contributed by atoms with Gasteiger partial charge in [-0.3, -0.25) is 0 Å². The van der Waals surface area contributed by atoms with Crippen LogP contribution in [0.25, 0.3) is 10.1 Å². The topological polar surface area (TPSA) is 39.2 Å². The SMILES string of the molecule is CCOC(=O)c1cc2cnc(Cl)cc2s1. The lowest BCUT2D eigenvalue weighted by Crippen LogP contribution is -2.01. The first kappa shape index (κ1) is 10.4. The van der Waals surface area contributed by atoms with Gasteiger partial charge < -0.3 is 4.74 Å². The van der Waals surface area contributed by atoms with Gasteiger partial charge in [0, 0.05) is 16.3 Å². The highest BCUT2D eigenvalue weighted by Crippen LogP contribution is 2.27. The average Bonchev–Trinajstić information content (AvgIpc) is 2.60. The number of rotatable bonds is 2. The third-order valence-electron chi connectivity index (χ3n) is 1.84. The molecule has 0 aromatic carbocycles. The number of hydrogen-bond acceptors (Lipinski definition) is 4. The smallest absolute Gasteiger partial charge is 0.348 e. The number of thiophene rings is 1. The molecule has 2 rings (SSSR count). The van der Waals surface area contributed by atoms with Crippen molar-refractivity contribution >= 4 is 39.0 Å². The van der Waals surface area contributed by atoms with Crippen molar-refractivity contribution in [3.05, 3.63) is 28.4 Å². The molecular weight excluding hydrogens is 234 g/mol. The minimum atomic E-state index is -0.296. The Labute approximate surface area is 95.6 Å². The first-order valence-electron chi connectivity index (χ1n) is 4.43. The predicted molar refractivity (Wildman–Crippen MR) is 60.6 cm³/mol. The van der Waals surface area contributed by atoms with Gasteiger partial charge in [-0.25, -0.2) is 9.78 Å². The van der Waals surface area contributed by atoms with Crippen molar-refractivity contribution in [3.63, 3.8) is 0 Å². The average molecular weight is 242 g/mol. The fourth-order valence-electron chi connectivity index (χ4n) is 1.21. The minimum absolute atomic E-state index is 0.296. The van der Waals surface area contributed by atoms with E-state index < -0.39 is 0 Å². The summed E-state index contributed by atoms with van der Waals surface area (Å²) in [7, 11) is 0. The minimum Gasteiger partial charge on any atom is -0.462 e. The Balaban J connectivity index is 2.42. The van der Waals surface area contributed by atoms with Crippen molar-refractivity contribution in [1.82, 2.24) is 4.98 Å². The largest absolute Gasteiger partial charge is 0.462 e. The normalized spacial score (nSPS) is 10.5. The van der Waals surface area contributed by atoms with Crippen LogP contribution in [0.4, 0.5) is 0 Å². The van der Waals surface area contributed by atoms with E-state index in [-0.39, 0.29) is 5.97 Å². The van der Waals surface area contributed by atoms with Gasteiger partial charge >= 0.3 is 5.97 Å². The summed E-state index contributed by atoms with van der Waals surface area (Å²) >= 11 is 7.11. The van der Waals surface area contributed by atoms with E-state index in [1.807, 2.05) is 0 Å². The molecule has 0 spiro atoms. The second-order valence-electron chi connectivity index (χ2n) is 2.88. The number of pyridine rings is 1. The maximum Gasteiger partial charge on any atom is 0.348 e. The lowest BCUT2D eigenvalue weighted by atomic mass is 10.3. The third kappa shape index (κ3) is 2.11. The van der Waals surface area contributed by atoms with Gasteiger partial charge in [-0.05, 0) is 19.1 Å². The lowest BCUT2D eigenvalue weighted by molar-refractivity contribution is 0.0532. The number of ether oxygens (including phenoxy) is 1. The highest BCUT2D eigenvalue weighted by Gasteiger charge is 2.11. The zero-order chi connectivity index (χ0) is 10.8. The molecule has 0 atom stereocenters. The number of halogens is 1. The Morgan fingerprint density at radius 2 is 2.40 bits per heavy atom. The molecule has 15 heavy (non-hydrogen) atoms. The van der Waals surface area contributed by atoms with E-state index in [1.165, 1.54) is 11.3 Å². The summed E-state index contributed by atoms with van der Waals surface area (Å²) in [5.74, 6) is -0.296. The van der Waals surface area contributed by atoms with Crippen molar-refractivity contribution in [3.8, 4) is 0 Å². The summed E-state index contributed by atoms with van der Waals surface area (Å²) in [6.07, 6.45) is 1.65. The molecule has 78 valence electrons. The van der Waals surface area contributed by atoms with Crippen molar-refractivity contribution < 1.29 is 9.53 Å². The highest BCUT2D eigenvalue weighted by molar-refractivity contribution is 7.20. The molecule has 2 aromatic heterocycles. The van der Waals surface area contributed by atoms with Crippen LogP contribution >= 0.6 is 22.9 Å². The van der Waals surface area contributed by atoms with Gasteiger partial charge in [0.15, 0.2) is 0 Å². The van der Waals surface area contributed by atoms with Crippen LogP contribution in [-0.2, 0) is 4.74 Å². The highest BCUT2D eigenvalue weighted by atomic mass is 35.5. The Morgan fingerprint density at radius 3 is 3.13 bits per heavy atom. The van der Waals surface area contributed by atoms with Crippen LogP contribution in [0.1, 0.15) is 16.6 Å². The van der Waals surface area contributed by atoms with E-state index in [2.05, 4.69) is 4.98 Å². The maximum absolute atomic E-state index is 11.4. The molecule has 2 aromatic rings. The molecule has 0 bridgehead atoms. The number of aromatic nitrogens is 1. The number of fused-ring (bicyclic) bond motifs is 1. The Morgan fingerprint density at radius 1 is 1.60 bits per heavy atom. The van der Waals surface area contributed by atoms with Gasteiger partial charge in [0.2, 0.25) is 0 Å². The van der Waals surface area contributed by atoms with E-state index >= 15 is 0 Å². The van der Waals surface area contributed by atoms with Crippen LogP contribution in [0.5, 0.6) is 0 Å². The van der Waals surface area contributed by atoms with Gasteiger partial charge in [0.1, 0.15) is 10.0 Å². The molecule has 0 saturated heterocycles. The maximum atomic E-state index is 11.4. The molecule has 3 nitrogen and oxygen atoms in total. The summed E-state index contributed by atoms with van der Waals surface area (Å²) in [5.41, 5.74) is 0. The van der Waals surface area contributed by atoms with Crippen molar-refractivity contribution in [2.75, 3.05) is 6.61 Å². The summed E-state index contributed by atoms with van der Waals surface area (Å²) in [4.78, 5) is 16.0. The number of esters is 1.